The van der Waals surface area contributed by atoms with Crippen LogP contribution in [0.1, 0.15) is 61.9 Å². The fraction of sp³-hybridized carbons (Fsp3) is 0.524. The Labute approximate surface area is 175 Å². The van der Waals surface area contributed by atoms with Crippen LogP contribution in [-0.4, -0.2) is 22.4 Å². The van der Waals surface area contributed by atoms with E-state index in [1.165, 1.54) is 62.0 Å². The zero-order valence-electron chi connectivity index (χ0n) is 16.6. The highest BCUT2D eigenvalue weighted by Crippen LogP contribution is 2.27. The summed E-state index contributed by atoms with van der Waals surface area (Å²) < 4.78 is 0. The van der Waals surface area contributed by atoms with Gasteiger partial charge in [0.2, 0.25) is 5.91 Å². The quantitative estimate of drug-likeness (QED) is 0.508. The van der Waals surface area contributed by atoms with E-state index in [1.807, 2.05) is 0 Å². The smallest absolute Gasteiger partial charge is 0.269 e. The number of benzene rings is 1. The van der Waals surface area contributed by atoms with Crippen LogP contribution in [-0.2, 0) is 17.6 Å². The Hall–Kier alpha value is -2.48. The lowest BCUT2D eigenvalue weighted by Crippen LogP contribution is -2.21. The lowest BCUT2D eigenvalue weighted by Gasteiger charge is -2.06. The van der Waals surface area contributed by atoms with Gasteiger partial charge in [-0.3, -0.25) is 14.9 Å². The summed E-state index contributed by atoms with van der Waals surface area (Å²) in [6, 6.07) is 6.02. The molecule has 1 aromatic heterocycles. The van der Waals surface area contributed by atoms with E-state index in [1.54, 1.807) is 23.5 Å². The number of aryl methyl sites for hydroxylation is 2. The molecule has 8 heteroatoms. The van der Waals surface area contributed by atoms with Gasteiger partial charge in [0.05, 0.1) is 17.2 Å². The van der Waals surface area contributed by atoms with Crippen molar-refractivity contribution in [2.75, 3.05) is 17.2 Å². The van der Waals surface area contributed by atoms with Crippen LogP contribution >= 0.6 is 11.3 Å². The number of hydrogen-bond donors (Lipinski definition) is 2. The number of nitro groups is 1. The van der Waals surface area contributed by atoms with E-state index >= 15 is 0 Å². The van der Waals surface area contributed by atoms with Gasteiger partial charge in [0, 0.05) is 22.7 Å². The molecule has 3 rings (SSSR count). The number of fused-ring (bicyclic) bond motifs is 1. The second kappa shape index (κ2) is 10.9. The lowest BCUT2D eigenvalue weighted by molar-refractivity contribution is -0.384. The molecular formula is C21H28N4O3S. The lowest BCUT2D eigenvalue weighted by atomic mass is 10.0. The maximum absolute atomic E-state index is 12.3. The first-order valence-electron chi connectivity index (χ1n) is 10.4. The second-order valence-electron chi connectivity index (χ2n) is 7.42. The highest BCUT2D eigenvalue weighted by Gasteiger charge is 2.14. The first-order valence-corrected chi connectivity index (χ1v) is 11.2. The molecule has 1 aliphatic rings. The van der Waals surface area contributed by atoms with E-state index < -0.39 is 4.92 Å². The highest BCUT2D eigenvalue weighted by atomic mass is 32.1. The van der Waals surface area contributed by atoms with E-state index in [0.29, 0.717) is 10.8 Å². The molecule has 0 saturated heterocycles. The summed E-state index contributed by atoms with van der Waals surface area (Å²) in [4.78, 5) is 28.5. The van der Waals surface area contributed by atoms with Gasteiger partial charge in [-0.1, -0.05) is 38.5 Å². The van der Waals surface area contributed by atoms with Crippen LogP contribution in [0.2, 0.25) is 0 Å². The standard InChI is InChI=1S/C21H28N4O3S/c26-20(15-22-16-11-13-17(14-12-16)25(27)28)24-21-23-18-9-7-5-3-1-2-4-6-8-10-19(18)29-21/h11-14,22H,1-10,15H2,(H,23,24,26). The number of anilines is 2. The third kappa shape index (κ3) is 6.81. The molecule has 1 heterocycles. The van der Waals surface area contributed by atoms with E-state index in [9.17, 15) is 14.9 Å². The molecule has 1 amide bonds. The van der Waals surface area contributed by atoms with E-state index in [-0.39, 0.29) is 18.1 Å². The molecule has 29 heavy (non-hydrogen) atoms. The van der Waals surface area contributed by atoms with Gasteiger partial charge < -0.3 is 10.6 Å². The number of carbonyl (C=O) groups is 1. The summed E-state index contributed by atoms with van der Waals surface area (Å²) in [5, 5.41) is 17.2. The minimum absolute atomic E-state index is 0.0261. The molecular weight excluding hydrogens is 388 g/mol. The van der Waals surface area contributed by atoms with Crippen molar-refractivity contribution in [2.45, 2.75) is 64.2 Å². The molecule has 7 nitrogen and oxygen atoms in total. The van der Waals surface area contributed by atoms with Gasteiger partial charge in [-0.2, -0.15) is 0 Å². The average Bonchev–Trinajstić information content (AvgIpc) is 3.07. The fourth-order valence-corrected chi connectivity index (χ4v) is 4.58. The molecule has 0 saturated carbocycles. The van der Waals surface area contributed by atoms with Crippen LogP contribution in [0.15, 0.2) is 24.3 Å². The summed E-state index contributed by atoms with van der Waals surface area (Å²) in [7, 11) is 0. The number of carbonyl (C=O) groups excluding carboxylic acids is 1. The predicted molar refractivity (Wildman–Crippen MR) is 117 cm³/mol. The minimum atomic E-state index is -0.446. The van der Waals surface area contributed by atoms with Crippen molar-refractivity contribution in [1.82, 2.24) is 4.98 Å². The van der Waals surface area contributed by atoms with Crippen LogP contribution in [0.25, 0.3) is 0 Å². The van der Waals surface area contributed by atoms with Gasteiger partial charge in [0.25, 0.3) is 5.69 Å². The van der Waals surface area contributed by atoms with Crippen molar-refractivity contribution in [3.05, 3.63) is 45.0 Å². The summed E-state index contributed by atoms with van der Waals surface area (Å²) in [5.41, 5.74) is 1.84. The molecule has 1 aliphatic carbocycles. The molecule has 0 fully saturated rings. The van der Waals surface area contributed by atoms with Crippen molar-refractivity contribution < 1.29 is 9.72 Å². The maximum atomic E-state index is 12.3. The van der Waals surface area contributed by atoms with Crippen LogP contribution in [0.3, 0.4) is 0 Å². The molecule has 0 bridgehead atoms. The topological polar surface area (TPSA) is 97.2 Å². The van der Waals surface area contributed by atoms with E-state index in [4.69, 9.17) is 0 Å². The molecule has 0 atom stereocenters. The summed E-state index contributed by atoms with van der Waals surface area (Å²) in [5.74, 6) is -0.173. The van der Waals surface area contributed by atoms with Gasteiger partial charge in [0.15, 0.2) is 5.13 Å². The molecule has 2 N–H and O–H groups in total. The Bertz CT molecular complexity index is 790. The summed E-state index contributed by atoms with van der Waals surface area (Å²) >= 11 is 1.60. The fourth-order valence-electron chi connectivity index (χ4n) is 3.51. The summed E-state index contributed by atoms with van der Waals surface area (Å²) in [6.45, 7) is 0.0854. The Morgan fingerprint density at radius 1 is 1.00 bits per heavy atom. The zero-order valence-corrected chi connectivity index (χ0v) is 17.4. The number of aromatic nitrogens is 1. The second-order valence-corrected chi connectivity index (χ2v) is 8.51. The number of non-ortho nitro benzene ring substituents is 1. The van der Waals surface area contributed by atoms with Crippen molar-refractivity contribution >= 4 is 33.8 Å². The van der Waals surface area contributed by atoms with Crippen molar-refractivity contribution in [3.8, 4) is 0 Å². The number of thiazole rings is 1. The third-order valence-electron chi connectivity index (χ3n) is 5.12. The molecule has 0 radical (unpaired) electrons. The Morgan fingerprint density at radius 3 is 2.28 bits per heavy atom. The third-order valence-corrected chi connectivity index (χ3v) is 6.20. The monoisotopic (exact) mass is 416 g/mol. The molecule has 0 aliphatic heterocycles. The van der Waals surface area contributed by atoms with Crippen LogP contribution < -0.4 is 10.6 Å². The summed E-state index contributed by atoms with van der Waals surface area (Å²) in [6.07, 6.45) is 12.2. The molecule has 0 spiro atoms. The molecule has 0 unspecified atom stereocenters. The van der Waals surface area contributed by atoms with Crippen LogP contribution in [0, 0.1) is 10.1 Å². The number of hydrogen-bond acceptors (Lipinski definition) is 6. The normalized spacial score (nSPS) is 15.4. The predicted octanol–water partition coefficient (Wildman–Crippen LogP) is 5.32. The largest absolute Gasteiger partial charge is 0.376 e. The first-order chi connectivity index (χ1) is 14.1. The number of rotatable bonds is 5. The van der Waals surface area contributed by atoms with E-state index in [0.717, 1.165) is 25.0 Å². The molecule has 2 aromatic rings. The van der Waals surface area contributed by atoms with Gasteiger partial charge in [0.1, 0.15) is 0 Å². The van der Waals surface area contributed by atoms with Gasteiger partial charge in [-0.15, -0.1) is 11.3 Å². The molecule has 156 valence electrons. The van der Waals surface area contributed by atoms with Gasteiger partial charge in [-0.05, 0) is 37.8 Å². The van der Waals surface area contributed by atoms with Gasteiger partial charge >= 0.3 is 0 Å². The number of nitrogens with zero attached hydrogens (tertiary/aromatic N) is 2. The Morgan fingerprint density at radius 2 is 1.62 bits per heavy atom. The van der Waals surface area contributed by atoms with Crippen LogP contribution in [0.5, 0.6) is 0 Å². The van der Waals surface area contributed by atoms with Crippen molar-refractivity contribution in [2.24, 2.45) is 0 Å². The van der Waals surface area contributed by atoms with Crippen molar-refractivity contribution in [1.29, 1.82) is 0 Å². The minimum Gasteiger partial charge on any atom is -0.376 e. The van der Waals surface area contributed by atoms with E-state index in [2.05, 4.69) is 15.6 Å². The number of nitro benzene ring substituents is 1. The highest BCUT2D eigenvalue weighted by molar-refractivity contribution is 7.15. The van der Waals surface area contributed by atoms with Crippen LogP contribution in [0.4, 0.5) is 16.5 Å². The number of amides is 1. The maximum Gasteiger partial charge on any atom is 0.269 e. The zero-order chi connectivity index (χ0) is 20.5. The SMILES string of the molecule is O=C(CNc1ccc([N+](=O)[O-])cc1)Nc1nc2c(s1)CCCCCCCCCC2. The average molecular weight is 417 g/mol. The Kier molecular flexibility index (Phi) is 7.98. The van der Waals surface area contributed by atoms with Crippen molar-refractivity contribution in [3.63, 3.8) is 0 Å². The number of nitrogens with one attached hydrogen (secondary N) is 2. The molecule has 1 aromatic carbocycles. The Balaban J connectivity index is 1.54. The van der Waals surface area contributed by atoms with Gasteiger partial charge in [-0.25, -0.2) is 4.98 Å². The first kappa shape index (κ1) is 21.2.